The number of fused-ring (bicyclic) bond motifs is 1. The highest BCUT2D eigenvalue weighted by Gasteiger charge is 2.20. The second kappa shape index (κ2) is 5.06. The summed E-state index contributed by atoms with van der Waals surface area (Å²) in [4.78, 5) is 0.00377. The Morgan fingerprint density at radius 3 is 2.76 bits per heavy atom. The number of nitrogens with zero attached hydrogens (tertiary/aromatic N) is 2. The molecule has 0 aliphatic rings. The molecule has 3 rings (SSSR count). The number of methoxy groups -OCH3 is 1. The maximum absolute atomic E-state index is 12.5. The molecule has 1 aromatic heterocycles. The van der Waals surface area contributed by atoms with Crippen LogP contribution in [0, 0.1) is 0 Å². The maximum atomic E-state index is 12.5. The van der Waals surface area contributed by atoms with E-state index in [1.807, 2.05) is 0 Å². The van der Waals surface area contributed by atoms with Crippen LogP contribution in [0.4, 0.5) is 5.69 Å². The lowest BCUT2D eigenvalue weighted by Crippen LogP contribution is -2.13. The third-order valence-electron chi connectivity index (χ3n) is 2.86. The lowest BCUT2D eigenvalue weighted by molar-refractivity contribution is 0.315. The Labute approximate surface area is 120 Å². The molecule has 0 saturated carbocycles. The molecule has 2 aromatic carbocycles. The van der Waals surface area contributed by atoms with Crippen molar-refractivity contribution in [1.29, 1.82) is 0 Å². The van der Waals surface area contributed by atoms with Crippen LogP contribution >= 0.6 is 0 Å². The molecule has 21 heavy (non-hydrogen) atoms. The van der Waals surface area contributed by atoms with Gasteiger partial charge in [-0.1, -0.05) is 12.1 Å². The Bertz CT molecular complexity index is 889. The van der Waals surface area contributed by atoms with E-state index in [1.54, 1.807) is 36.4 Å². The Balaban J connectivity index is 2.02. The van der Waals surface area contributed by atoms with E-state index in [0.29, 0.717) is 17.0 Å². The first-order valence-corrected chi connectivity index (χ1v) is 7.46. The topological polar surface area (TPSA) is 94.3 Å². The normalized spacial score (nSPS) is 11.5. The fourth-order valence-electron chi connectivity index (χ4n) is 1.89. The van der Waals surface area contributed by atoms with Crippen LogP contribution in [0.25, 0.3) is 11.0 Å². The van der Waals surface area contributed by atoms with Gasteiger partial charge < -0.3 is 4.74 Å². The first-order chi connectivity index (χ1) is 10.1. The third kappa shape index (κ3) is 2.52. The van der Waals surface area contributed by atoms with Gasteiger partial charge in [0, 0.05) is 6.07 Å². The van der Waals surface area contributed by atoms with E-state index in [1.165, 1.54) is 13.2 Å². The van der Waals surface area contributed by atoms with Gasteiger partial charge in [0.05, 0.1) is 12.8 Å². The summed E-state index contributed by atoms with van der Waals surface area (Å²) in [5.74, 6) is 0.552. The molecule has 0 aliphatic carbocycles. The van der Waals surface area contributed by atoms with Crippen LogP contribution in [0.15, 0.2) is 52.0 Å². The van der Waals surface area contributed by atoms with Gasteiger partial charge in [-0.3, -0.25) is 4.72 Å². The van der Waals surface area contributed by atoms with E-state index in [0.717, 1.165) is 0 Å². The number of hydrogen-bond donors (Lipinski definition) is 1. The molecule has 0 radical (unpaired) electrons. The minimum atomic E-state index is -3.80. The Hall–Kier alpha value is -2.61. The van der Waals surface area contributed by atoms with E-state index in [-0.39, 0.29) is 10.4 Å². The Kier molecular flexibility index (Phi) is 3.22. The average molecular weight is 305 g/mol. The van der Waals surface area contributed by atoms with Gasteiger partial charge in [0.2, 0.25) is 0 Å². The quantitative estimate of drug-likeness (QED) is 0.792. The molecule has 1 N–H and O–H groups in total. The van der Waals surface area contributed by atoms with Gasteiger partial charge in [0.25, 0.3) is 10.0 Å². The van der Waals surface area contributed by atoms with Gasteiger partial charge in [-0.05, 0) is 34.6 Å². The van der Waals surface area contributed by atoms with Crippen molar-refractivity contribution >= 4 is 26.7 Å². The van der Waals surface area contributed by atoms with Crippen molar-refractivity contribution in [2.24, 2.45) is 0 Å². The highest BCUT2D eigenvalue weighted by Crippen LogP contribution is 2.24. The minimum absolute atomic E-state index is 0.00377. The highest BCUT2D eigenvalue weighted by molar-refractivity contribution is 7.93. The fraction of sp³-hybridized carbons (Fsp3) is 0.0769. The molecule has 0 aliphatic heterocycles. The molecule has 0 spiro atoms. The molecule has 1 heterocycles. The number of sulfonamides is 1. The van der Waals surface area contributed by atoms with E-state index in [4.69, 9.17) is 4.74 Å². The summed E-state index contributed by atoms with van der Waals surface area (Å²) in [6, 6.07) is 11.3. The Morgan fingerprint density at radius 2 is 1.95 bits per heavy atom. The number of aromatic nitrogens is 2. The summed E-state index contributed by atoms with van der Waals surface area (Å²) < 4.78 is 37.0. The smallest absolute Gasteiger partial charge is 0.264 e. The van der Waals surface area contributed by atoms with E-state index in [9.17, 15) is 8.42 Å². The summed E-state index contributed by atoms with van der Waals surface area (Å²) >= 11 is 0. The van der Waals surface area contributed by atoms with Crippen LogP contribution in [0.2, 0.25) is 0 Å². The van der Waals surface area contributed by atoms with Crippen molar-refractivity contribution in [1.82, 2.24) is 10.3 Å². The predicted molar refractivity (Wildman–Crippen MR) is 75.6 cm³/mol. The van der Waals surface area contributed by atoms with Crippen molar-refractivity contribution in [2.45, 2.75) is 4.90 Å². The molecule has 3 aromatic rings. The lowest BCUT2D eigenvalue weighted by Gasteiger charge is -2.09. The summed E-state index contributed by atoms with van der Waals surface area (Å²) in [6.45, 7) is 0. The first kappa shape index (κ1) is 13.4. The monoisotopic (exact) mass is 305 g/mol. The van der Waals surface area contributed by atoms with Crippen molar-refractivity contribution in [3.8, 4) is 5.75 Å². The molecule has 0 unspecified atom stereocenters. The molecule has 0 saturated heterocycles. The summed E-state index contributed by atoms with van der Waals surface area (Å²) in [6.07, 6.45) is 0. The number of anilines is 1. The molecular weight excluding hydrogens is 294 g/mol. The molecule has 8 heteroatoms. The zero-order chi connectivity index (χ0) is 14.9. The lowest BCUT2D eigenvalue weighted by atomic mass is 10.3. The Morgan fingerprint density at radius 1 is 1.14 bits per heavy atom. The SMILES string of the molecule is COc1cccc(NS(=O)(=O)c2cccc3nonc23)c1. The number of nitrogens with one attached hydrogen (secondary N) is 1. The number of rotatable bonds is 4. The summed E-state index contributed by atoms with van der Waals surface area (Å²) in [5, 5.41) is 7.26. The molecule has 0 fully saturated rings. The fourth-order valence-corrected chi connectivity index (χ4v) is 3.10. The molecule has 0 atom stereocenters. The molecule has 7 nitrogen and oxygen atoms in total. The van der Waals surface area contributed by atoms with Gasteiger partial charge in [-0.15, -0.1) is 0 Å². The predicted octanol–water partition coefficient (Wildman–Crippen LogP) is 2.03. The zero-order valence-electron chi connectivity index (χ0n) is 11.0. The van der Waals surface area contributed by atoms with E-state index >= 15 is 0 Å². The largest absolute Gasteiger partial charge is 0.497 e. The molecule has 108 valence electrons. The highest BCUT2D eigenvalue weighted by atomic mass is 32.2. The van der Waals surface area contributed by atoms with Crippen molar-refractivity contribution in [3.63, 3.8) is 0 Å². The molecule has 0 bridgehead atoms. The molecule has 0 amide bonds. The van der Waals surface area contributed by atoms with Crippen LogP contribution < -0.4 is 9.46 Å². The van der Waals surface area contributed by atoms with Crippen LogP contribution in [-0.2, 0) is 10.0 Å². The van der Waals surface area contributed by atoms with Crippen LogP contribution in [-0.4, -0.2) is 25.8 Å². The summed E-state index contributed by atoms with van der Waals surface area (Å²) in [5.41, 5.74) is 0.958. The summed E-state index contributed by atoms with van der Waals surface area (Å²) in [7, 11) is -2.29. The number of benzene rings is 2. The molecular formula is C13H11N3O4S. The van der Waals surface area contributed by atoms with Crippen LogP contribution in [0.5, 0.6) is 5.75 Å². The standard InChI is InChI=1S/C13H11N3O4S/c1-19-10-5-2-4-9(8-10)16-21(17,18)12-7-3-6-11-13(12)15-20-14-11/h2-8,16H,1H3. The van der Waals surface area contributed by atoms with Crippen molar-refractivity contribution in [3.05, 3.63) is 42.5 Å². The van der Waals surface area contributed by atoms with Gasteiger partial charge in [-0.25, -0.2) is 13.0 Å². The van der Waals surface area contributed by atoms with E-state index in [2.05, 4.69) is 19.7 Å². The minimum Gasteiger partial charge on any atom is -0.497 e. The van der Waals surface area contributed by atoms with Gasteiger partial charge >= 0.3 is 0 Å². The van der Waals surface area contributed by atoms with Crippen molar-refractivity contribution < 1.29 is 17.8 Å². The first-order valence-electron chi connectivity index (χ1n) is 5.98. The second-order valence-corrected chi connectivity index (χ2v) is 5.88. The van der Waals surface area contributed by atoms with Gasteiger partial charge in [0.1, 0.15) is 16.2 Å². The van der Waals surface area contributed by atoms with Gasteiger partial charge in [0.15, 0.2) is 5.52 Å². The number of ether oxygens (including phenoxy) is 1. The zero-order valence-corrected chi connectivity index (χ0v) is 11.8. The van der Waals surface area contributed by atoms with Crippen LogP contribution in [0.1, 0.15) is 0 Å². The average Bonchev–Trinajstić information content (AvgIpc) is 2.95. The van der Waals surface area contributed by atoms with Gasteiger partial charge in [-0.2, -0.15) is 0 Å². The second-order valence-electron chi connectivity index (χ2n) is 4.23. The van der Waals surface area contributed by atoms with E-state index < -0.39 is 10.0 Å². The van der Waals surface area contributed by atoms with Crippen LogP contribution in [0.3, 0.4) is 0 Å². The van der Waals surface area contributed by atoms with Crippen molar-refractivity contribution in [2.75, 3.05) is 11.8 Å². The third-order valence-corrected chi connectivity index (χ3v) is 4.27. The maximum Gasteiger partial charge on any atom is 0.264 e. The number of hydrogen-bond acceptors (Lipinski definition) is 6.